The van der Waals surface area contributed by atoms with Crippen molar-refractivity contribution in [2.45, 2.75) is 12.6 Å². The Morgan fingerprint density at radius 1 is 1.29 bits per heavy atom. The highest BCUT2D eigenvalue weighted by Gasteiger charge is 2.37. The number of ether oxygens (including phenoxy) is 1. The molecular formula is C19H18FN5O6. The third-order valence-electron chi connectivity index (χ3n) is 4.42. The number of halogens is 1. The molecule has 31 heavy (non-hydrogen) atoms. The molecule has 0 radical (unpaired) electrons. The molecule has 3 N–H and O–H groups in total. The van der Waals surface area contributed by atoms with Gasteiger partial charge in [-0.15, -0.1) is 0 Å². The SMILES string of the molecule is CN(C(=O)O)C1CN(c2ccc(C(=O)NNC(=O)Cc3ccccn3)c(F)c2)C(=O)O1. The van der Waals surface area contributed by atoms with Gasteiger partial charge in [0.2, 0.25) is 5.91 Å². The number of hydrogen-bond donors (Lipinski definition) is 3. The molecule has 1 aromatic heterocycles. The summed E-state index contributed by atoms with van der Waals surface area (Å²) in [5.41, 5.74) is 4.49. The van der Waals surface area contributed by atoms with Crippen molar-refractivity contribution in [3.05, 3.63) is 59.7 Å². The number of cyclic esters (lactones) is 1. The lowest BCUT2D eigenvalue weighted by Crippen LogP contribution is -2.42. The van der Waals surface area contributed by atoms with Crippen LogP contribution in [0.2, 0.25) is 0 Å². The topological polar surface area (TPSA) is 141 Å². The van der Waals surface area contributed by atoms with Crippen molar-refractivity contribution >= 4 is 29.7 Å². The number of carbonyl (C=O) groups is 4. The number of aromatic nitrogens is 1. The van der Waals surface area contributed by atoms with Crippen LogP contribution in [-0.4, -0.2) is 58.8 Å². The molecular weight excluding hydrogens is 413 g/mol. The van der Waals surface area contributed by atoms with E-state index in [-0.39, 0.29) is 24.2 Å². The molecule has 1 fully saturated rings. The summed E-state index contributed by atoms with van der Waals surface area (Å²) in [6, 6.07) is 8.42. The first kappa shape index (κ1) is 21.5. The Kier molecular flexibility index (Phi) is 6.29. The molecule has 2 aromatic rings. The van der Waals surface area contributed by atoms with E-state index in [0.717, 1.165) is 21.9 Å². The summed E-state index contributed by atoms with van der Waals surface area (Å²) < 4.78 is 19.4. The van der Waals surface area contributed by atoms with Crippen molar-refractivity contribution in [3.63, 3.8) is 0 Å². The number of rotatable bonds is 5. The number of amides is 4. The normalized spacial score (nSPS) is 15.2. The van der Waals surface area contributed by atoms with Gasteiger partial charge in [-0.05, 0) is 30.3 Å². The number of anilines is 1. The van der Waals surface area contributed by atoms with Gasteiger partial charge in [0.1, 0.15) is 5.82 Å². The third-order valence-corrected chi connectivity index (χ3v) is 4.42. The van der Waals surface area contributed by atoms with Crippen molar-refractivity contribution in [1.29, 1.82) is 0 Å². The molecule has 1 atom stereocenters. The highest BCUT2D eigenvalue weighted by molar-refractivity contribution is 5.97. The highest BCUT2D eigenvalue weighted by atomic mass is 19.1. The molecule has 0 bridgehead atoms. The van der Waals surface area contributed by atoms with Crippen molar-refractivity contribution in [2.75, 3.05) is 18.5 Å². The smallest absolute Gasteiger partial charge is 0.416 e. The number of likely N-dealkylation sites (N-methyl/N-ethyl adjacent to an activating group) is 1. The maximum Gasteiger partial charge on any atom is 0.416 e. The second kappa shape index (κ2) is 9.07. The zero-order valence-corrected chi connectivity index (χ0v) is 16.2. The fourth-order valence-electron chi connectivity index (χ4n) is 2.74. The summed E-state index contributed by atoms with van der Waals surface area (Å²) in [4.78, 5) is 52.9. The lowest BCUT2D eigenvalue weighted by molar-refractivity contribution is -0.121. The van der Waals surface area contributed by atoms with Crippen LogP contribution in [0.1, 0.15) is 16.1 Å². The van der Waals surface area contributed by atoms with E-state index >= 15 is 0 Å². The van der Waals surface area contributed by atoms with Crippen LogP contribution in [0.4, 0.5) is 19.7 Å². The van der Waals surface area contributed by atoms with Gasteiger partial charge in [-0.25, -0.2) is 14.0 Å². The van der Waals surface area contributed by atoms with Gasteiger partial charge in [-0.3, -0.25) is 35.2 Å². The maximum absolute atomic E-state index is 14.5. The van der Waals surface area contributed by atoms with Gasteiger partial charge in [0.05, 0.1) is 24.2 Å². The van der Waals surface area contributed by atoms with Crippen molar-refractivity contribution < 1.29 is 33.4 Å². The Hall–Kier alpha value is -4.22. The van der Waals surface area contributed by atoms with E-state index in [1.165, 1.54) is 19.3 Å². The van der Waals surface area contributed by atoms with Gasteiger partial charge < -0.3 is 9.84 Å². The third kappa shape index (κ3) is 5.04. The largest absolute Gasteiger partial charge is 0.465 e. The molecule has 1 aromatic carbocycles. The number of benzene rings is 1. The minimum Gasteiger partial charge on any atom is -0.465 e. The van der Waals surface area contributed by atoms with E-state index in [4.69, 9.17) is 9.84 Å². The van der Waals surface area contributed by atoms with Crippen LogP contribution in [0.25, 0.3) is 0 Å². The minimum absolute atomic E-state index is 0.0778. The van der Waals surface area contributed by atoms with Crippen LogP contribution in [0, 0.1) is 5.82 Å². The number of carboxylic acid groups (broad SMARTS) is 1. The molecule has 4 amide bonds. The monoisotopic (exact) mass is 431 g/mol. The number of nitrogens with zero attached hydrogens (tertiary/aromatic N) is 3. The van der Waals surface area contributed by atoms with Gasteiger partial charge in [0.25, 0.3) is 5.91 Å². The van der Waals surface area contributed by atoms with E-state index in [2.05, 4.69) is 15.8 Å². The van der Waals surface area contributed by atoms with Crippen LogP contribution >= 0.6 is 0 Å². The summed E-state index contributed by atoms with van der Waals surface area (Å²) in [5, 5.41) is 8.98. The zero-order valence-electron chi connectivity index (χ0n) is 16.2. The molecule has 0 spiro atoms. The van der Waals surface area contributed by atoms with Crippen LogP contribution in [0.15, 0.2) is 42.6 Å². The predicted octanol–water partition coefficient (Wildman–Crippen LogP) is 1.12. The minimum atomic E-state index is -1.29. The quantitative estimate of drug-likeness (QED) is 0.603. The van der Waals surface area contributed by atoms with Gasteiger partial charge in [-0.2, -0.15) is 0 Å². The fourth-order valence-corrected chi connectivity index (χ4v) is 2.74. The molecule has 11 nitrogen and oxygen atoms in total. The Labute approximate surface area is 175 Å². The van der Waals surface area contributed by atoms with E-state index in [0.29, 0.717) is 5.69 Å². The molecule has 0 aliphatic carbocycles. The first-order chi connectivity index (χ1) is 14.8. The fraction of sp³-hybridized carbons (Fsp3) is 0.211. The molecule has 0 saturated carbocycles. The van der Waals surface area contributed by atoms with Gasteiger partial charge in [0.15, 0.2) is 6.23 Å². The Morgan fingerprint density at radius 2 is 2.06 bits per heavy atom. The van der Waals surface area contributed by atoms with E-state index in [9.17, 15) is 23.6 Å². The Balaban J connectivity index is 1.61. The molecule has 2 heterocycles. The standard InChI is InChI=1S/C19H18FN5O6/c1-24(18(28)29)16-10-25(19(30)31-16)12-5-6-13(14(20)9-12)17(27)23-22-15(26)8-11-4-2-3-7-21-11/h2-7,9,16H,8,10H2,1H3,(H,22,26)(H,23,27)(H,28,29). The van der Waals surface area contributed by atoms with E-state index < -0.39 is 36.0 Å². The summed E-state index contributed by atoms with van der Waals surface area (Å²) in [7, 11) is 1.24. The van der Waals surface area contributed by atoms with Crippen LogP contribution < -0.4 is 15.8 Å². The van der Waals surface area contributed by atoms with E-state index in [1.54, 1.807) is 18.2 Å². The molecule has 12 heteroatoms. The predicted molar refractivity (Wildman–Crippen MR) is 103 cm³/mol. The molecule has 1 unspecified atom stereocenters. The molecule has 3 rings (SSSR count). The number of hydrogen-bond acceptors (Lipinski definition) is 6. The number of hydrazine groups is 1. The average Bonchev–Trinajstić information content (AvgIpc) is 3.13. The van der Waals surface area contributed by atoms with Crippen molar-refractivity contribution in [3.8, 4) is 0 Å². The van der Waals surface area contributed by atoms with Gasteiger partial charge in [0, 0.05) is 18.9 Å². The Bertz CT molecular complexity index is 1020. The number of pyridine rings is 1. The van der Waals surface area contributed by atoms with Crippen LogP contribution in [0.3, 0.4) is 0 Å². The second-order valence-corrected chi connectivity index (χ2v) is 6.51. The molecule has 162 valence electrons. The summed E-state index contributed by atoms with van der Waals surface area (Å²) in [6.45, 7) is -0.143. The lowest BCUT2D eigenvalue weighted by atomic mass is 10.1. The molecule has 1 saturated heterocycles. The van der Waals surface area contributed by atoms with Crippen molar-refractivity contribution in [2.24, 2.45) is 0 Å². The highest BCUT2D eigenvalue weighted by Crippen LogP contribution is 2.25. The average molecular weight is 431 g/mol. The lowest BCUT2D eigenvalue weighted by Gasteiger charge is -2.19. The summed E-state index contributed by atoms with van der Waals surface area (Å²) in [6.07, 6.45) is -1.74. The van der Waals surface area contributed by atoms with Crippen LogP contribution in [-0.2, 0) is 16.0 Å². The molecule has 1 aliphatic rings. The second-order valence-electron chi connectivity index (χ2n) is 6.51. The first-order valence-corrected chi connectivity index (χ1v) is 8.99. The number of nitrogens with one attached hydrogen (secondary N) is 2. The van der Waals surface area contributed by atoms with Gasteiger partial charge >= 0.3 is 12.2 Å². The summed E-state index contributed by atoms with van der Waals surface area (Å²) in [5.74, 6) is -2.39. The maximum atomic E-state index is 14.5. The Morgan fingerprint density at radius 3 is 2.71 bits per heavy atom. The van der Waals surface area contributed by atoms with Gasteiger partial charge in [-0.1, -0.05) is 6.07 Å². The number of carbonyl (C=O) groups excluding carboxylic acids is 3. The summed E-state index contributed by atoms with van der Waals surface area (Å²) >= 11 is 0. The van der Waals surface area contributed by atoms with E-state index in [1.807, 2.05) is 0 Å². The molecule has 1 aliphatic heterocycles. The van der Waals surface area contributed by atoms with Crippen LogP contribution in [0.5, 0.6) is 0 Å². The first-order valence-electron chi connectivity index (χ1n) is 8.99. The zero-order chi connectivity index (χ0) is 22.5. The van der Waals surface area contributed by atoms with Crippen molar-refractivity contribution in [1.82, 2.24) is 20.7 Å².